The van der Waals surface area contributed by atoms with E-state index in [1.54, 1.807) is 7.05 Å². The summed E-state index contributed by atoms with van der Waals surface area (Å²) in [6.45, 7) is 0.0174. The van der Waals surface area contributed by atoms with Crippen molar-refractivity contribution in [1.29, 1.82) is 0 Å². The summed E-state index contributed by atoms with van der Waals surface area (Å²) < 4.78 is 0. The molecule has 0 heterocycles. The first-order valence-electron chi connectivity index (χ1n) is 5.64. The van der Waals surface area contributed by atoms with Crippen molar-refractivity contribution in [2.45, 2.75) is 19.3 Å². The highest BCUT2D eigenvalue weighted by molar-refractivity contribution is 5.86. The van der Waals surface area contributed by atoms with Gasteiger partial charge in [-0.3, -0.25) is 14.4 Å². The number of nitrogens with one attached hydrogen (secondary N) is 1. The largest absolute Gasteiger partial charge is 0.481 e. The Labute approximate surface area is 100.0 Å². The van der Waals surface area contributed by atoms with Gasteiger partial charge in [-0.25, -0.2) is 0 Å². The van der Waals surface area contributed by atoms with Crippen LogP contribution in [0.5, 0.6) is 0 Å². The van der Waals surface area contributed by atoms with Crippen LogP contribution in [-0.4, -0.2) is 48.4 Å². The van der Waals surface area contributed by atoms with Crippen LogP contribution in [0.15, 0.2) is 0 Å². The third-order valence-electron chi connectivity index (χ3n) is 3.17. The molecule has 1 aliphatic carbocycles. The minimum absolute atomic E-state index is 0.0174. The van der Waals surface area contributed by atoms with Gasteiger partial charge < -0.3 is 15.3 Å². The number of hydrogen-bond donors (Lipinski definition) is 2. The highest BCUT2D eigenvalue weighted by Crippen LogP contribution is 2.32. The fraction of sp³-hybridized carbons (Fsp3) is 0.727. The normalized spacial score (nSPS) is 23.2. The molecule has 1 fully saturated rings. The third kappa shape index (κ3) is 3.44. The lowest BCUT2D eigenvalue weighted by atomic mass is 10.0. The van der Waals surface area contributed by atoms with E-state index < -0.39 is 11.9 Å². The van der Waals surface area contributed by atoms with Crippen molar-refractivity contribution in [3.63, 3.8) is 0 Å². The van der Waals surface area contributed by atoms with Crippen molar-refractivity contribution in [1.82, 2.24) is 10.2 Å². The minimum Gasteiger partial charge on any atom is -0.481 e. The van der Waals surface area contributed by atoms with Gasteiger partial charge in [0.05, 0.1) is 12.5 Å². The average Bonchev–Trinajstić information content (AvgIpc) is 2.77. The molecule has 6 heteroatoms. The standard InChI is InChI=1S/C11H18N2O4/c1-12-9(14)6-13(2)10(15)7-3-4-8(5-7)11(16)17/h7-8H,3-6H2,1-2H3,(H,12,14)(H,16,17). The topological polar surface area (TPSA) is 86.7 Å². The van der Waals surface area contributed by atoms with E-state index in [1.807, 2.05) is 0 Å². The quantitative estimate of drug-likeness (QED) is 0.708. The van der Waals surface area contributed by atoms with Gasteiger partial charge in [-0.1, -0.05) is 0 Å². The maximum Gasteiger partial charge on any atom is 0.306 e. The third-order valence-corrected chi connectivity index (χ3v) is 3.17. The van der Waals surface area contributed by atoms with Crippen LogP contribution < -0.4 is 5.32 Å². The van der Waals surface area contributed by atoms with Gasteiger partial charge in [0, 0.05) is 20.0 Å². The Balaban J connectivity index is 2.48. The van der Waals surface area contributed by atoms with E-state index in [-0.39, 0.29) is 24.3 Å². The number of amides is 2. The Morgan fingerprint density at radius 2 is 1.88 bits per heavy atom. The Morgan fingerprint density at radius 1 is 1.29 bits per heavy atom. The van der Waals surface area contributed by atoms with Crippen molar-refractivity contribution in [3.05, 3.63) is 0 Å². The van der Waals surface area contributed by atoms with Crippen molar-refractivity contribution >= 4 is 17.8 Å². The van der Waals surface area contributed by atoms with Gasteiger partial charge in [-0.15, -0.1) is 0 Å². The van der Waals surface area contributed by atoms with E-state index in [9.17, 15) is 14.4 Å². The van der Waals surface area contributed by atoms with Crippen molar-refractivity contribution in [2.24, 2.45) is 11.8 Å². The molecule has 0 saturated heterocycles. The van der Waals surface area contributed by atoms with Crippen molar-refractivity contribution < 1.29 is 19.5 Å². The summed E-state index contributed by atoms with van der Waals surface area (Å²) in [6, 6.07) is 0. The molecule has 0 aromatic rings. The maximum atomic E-state index is 11.9. The molecule has 0 radical (unpaired) electrons. The second kappa shape index (κ2) is 5.65. The molecule has 0 aromatic carbocycles. The maximum absolute atomic E-state index is 11.9. The molecule has 1 rings (SSSR count). The number of carbonyl (C=O) groups excluding carboxylic acids is 2. The fourth-order valence-electron chi connectivity index (χ4n) is 2.11. The number of carbonyl (C=O) groups is 3. The molecule has 2 N–H and O–H groups in total. The number of likely N-dealkylation sites (N-methyl/N-ethyl adjacent to an activating group) is 2. The van der Waals surface area contributed by atoms with Crippen LogP contribution in [0.1, 0.15) is 19.3 Å². The molecule has 0 aliphatic heterocycles. The molecule has 0 aromatic heterocycles. The zero-order valence-corrected chi connectivity index (χ0v) is 10.1. The first kappa shape index (κ1) is 13.5. The summed E-state index contributed by atoms with van der Waals surface area (Å²) in [5.74, 6) is -1.89. The van der Waals surface area contributed by atoms with Gasteiger partial charge in [0.2, 0.25) is 11.8 Å². The SMILES string of the molecule is CNC(=O)CN(C)C(=O)C1CCC(C(=O)O)C1. The van der Waals surface area contributed by atoms with Crippen LogP contribution >= 0.6 is 0 Å². The average molecular weight is 242 g/mol. The molecule has 17 heavy (non-hydrogen) atoms. The number of aliphatic carboxylic acids is 1. The van der Waals surface area contributed by atoms with Gasteiger partial charge in [-0.2, -0.15) is 0 Å². The van der Waals surface area contributed by atoms with E-state index in [1.165, 1.54) is 11.9 Å². The second-order valence-corrected chi connectivity index (χ2v) is 4.41. The Kier molecular flexibility index (Phi) is 4.48. The first-order chi connectivity index (χ1) is 7.95. The Bertz CT molecular complexity index is 329. The molecule has 6 nitrogen and oxygen atoms in total. The lowest BCUT2D eigenvalue weighted by Gasteiger charge is -2.20. The van der Waals surface area contributed by atoms with E-state index in [4.69, 9.17) is 5.11 Å². The zero-order valence-electron chi connectivity index (χ0n) is 10.1. The summed E-state index contributed by atoms with van der Waals surface area (Å²) in [5.41, 5.74) is 0. The molecular weight excluding hydrogens is 224 g/mol. The van der Waals surface area contributed by atoms with Crippen molar-refractivity contribution in [3.8, 4) is 0 Å². The molecule has 96 valence electrons. The molecule has 2 atom stereocenters. The highest BCUT2D eigenvalue weighted by atomic mass is 16.4. The summed E-state index contributed by atoms with van der Waals surface area (Å²) in [4.78, 5) is 35.2. The number of rotatable bonds is 4. The molecule has 0 bridgehead atoms. The predicted octanol–water partition coefficient (Wildman–Crippen LogP) is -0.308. The summed E-state index contributed by atoms with van der Waals surface area (Å²) >= 11 is 0. The summed E-state index contributed by atoms with van der Waals surface area (Å²) in [6.07, 6.45) is 1.51. The number of hydrogen-bond acceptors (Lipinski definition) is 3. The predicted molar refractivity (Wildman–Crippen MR) is 60.2 cm³/mol. The molecular formula is C11H18N2O4. The number of carboxylic acids is 1. The summed E-state index contributed by atoms with van der Waals surface area (Å²) in [5, 5.41) is 11.3. The monoisotopic (exact) mass is 242 g/mol. The van der Waals surface area contributed by atoms with E-state index in [2.05, 4.69) is 5.32 Å². The molecule has 2 unspecified atom stereocenters. The van der Waals surface area contributed by atoms with Gasteiger partial charge in [-0.05, 0) is 19.3 Å². The lowest BCUT2D eigenvalue weighted by molar-refractivity contribution is -0.142. The van der Waals surface area contributed by atoms with Gasteiger partial charge in [0.15, 0.2) is 0 Å². The highest BCUT2D eigenvalue weighted by Gasteiger charge is 2.35. The van der Waals surface area contributed by atoms with Crippen LogP contribution in [-0.2, 0) is 14.4 Å². The number of nitrogens with zero attached hydrogens (tertiary/aromatic N) is 1. The van der Waals surface area contributed by atoms with Crippen LogP contribution in [0.4, 0.5) is 0 Å². The van der Waals surface area contributed by atoms with E-state index in [0.717, 1.165) is 0 Å². The van der Waals surface area contributed by atoms with Gasteiger partial charge in [0.1, 0.15) is 0 Å². The molecule has 2 amide bonds. The Hall–Kier alpha value is -1.59. The Morgan fingerprint density at radius 3 is 2.35 bits per heavy atom. The minimum atomic E-state index is -0.839. The molecule has 1 aliphatic rings. The number of carboxylic acid groups (broad SMARTS) is 1. The van der Waals surface area contributed by atoms with Gasteiger partial charge in [0.25, 0.3) is 0 Å². The zero-order chi connectivity index (χ0) is 13.0. The van der Waals surface area contributed by atoms with Crippen LogP contribution in [0, 0.1) is 11.8 Å². The van der Waals surface area contributed by atoms with Crippen LogP contribution in [0.3, 0.4) is 0 Å². The second-order valence-electron chi connectivity index (χ2n) is 4.41. The molecule has 0 spiro atoms. The smallest absolute Gasteiger partial charge is 0.306 e. The fourth-order valence-corrected chi connectivity index (χ4v) is 2.11. The first-order valence-corrected chi connectivity index (χ1v) is 5.64. The molecule has 1 saturated carbocycles. The lowest BCUT2D eigenvalue weighted by Crippen LogP contribution is -2.39. The van der Waals surface area contributed by atoms with Gasteiger partial charge >= 0.3 is 5.97 Å². The summed E-state index contributed by atoms with van der Waals surface area (Å²) in [7, 11) is 3.07. The van der Waals surface area contributed by atoms with E-state index >= 15 is 0 Å². The van der Waals surface area contributed by atoms with Crippen molar-refractivity contribution in [2.75, 3.05) is 20.6 Å². The van der Waals surface area contributed by atoms with Crippen LogP contribution in [0.2, 0.25) is 0 Å². The van der Waals surface area contributed by atoms with E-state index in [0.29, 0.717) is 19.3 Å². The van der Waals surface area contributed by atoms with Crippen LogP contribution in [0.25, 0.3) is 0 Å².